The number of hydrogen-bond donors (Lipinski definition) is 1. The first kappa shape index (κ1) is 11.6. The molecule has 1 aromatic carbocycles. The average Bonchev–Trinajstić information content (AvgIpc) is 2.63. The molecule has 1 heterocycles. The van der Waals surface area contributed by atoms with E-state index >= 15 is 0 Å². The lowest BCUT2D eigenvalue weighted by Crippen LogP contribution is -2.32. The molecule has 2 unspecified atom stereocenters. The van der Waals surface area contributed by atoms with Crippen LogP contribution in [0.4, 0.5) is 0 Å². The van der Waals surface area contributed by atoms with Crippen LogP contribution in [-0.2, 0) is 4.79 Å². The van der Waals surface area contributed by atoms with Gasteiger partial charge in [0.1, 0.15) is 0 Å². The van der Waals surface area contributed by atoms with Crippen molar-refractivity contribution in [2.24, 2.45) is 5.73 Å². The summed E-state index contributed by atoms with van der Waals surface area (Å²) < 4.78 is 0. The fourth-order valence-corrected chi connectivity index (χ4v) is 2.37. The van der Waals surface area contributed by atoms with Gasteiger partial charge in [0.2, 0.25) is 5.91 Å². The molecule has 2 rings (SSSR count). The van der Waals surface area contributed by atoms with Gasteiger partial charge in [-0.05, 0) is 24.6 Å². The Labute approximate surface area is 101 Å². The summed E-state index contributed by atoms with van der Waals surface area (Å²) in [6.07, 6.45) is 0.401. The van der Waals surface area contributed by atoms with Crippen molar-refractivity contribution in [3.63, 3.8) is 0 Å². The molecular formula is C13H15N3O. The van der Waals surface area contributed by atoms with E-state index in [1.165, 1.54) is 0 Å². The van der Waals surface area contributed by atoms with Crippen molar-refractivity contribution in [1.29, 1.82) is 5.26 Å². The first-order valence-electron chi connectivity index (χ1n) is 5.72. The molecule has 88 valence electrons. The number of carbonyl (C=O) groups is 1. The van der Waals surface area contributed by atoms with E-state index in [-0.39, 0.29) is 18.0 Å². The van der Waals surface area contributed by atoms with Crippen LogP contribution in [-0.4, -0.2) is 23.4 Å². The molecule has 0 aliphatic carbocycles. The molecule has 2 atom stereocenters. The van der Waals surface area contributed by atoms with Crippen LogP contribution >= 0.6 is 0 Å². The smallest absolute Gasteiger partial charge is 0.224 e. The highest BCUT2D eigenvalue weighted by molar-refractivity contribution is 5.80. The molecule has 1 aliphatic heterocycles. The molecule has 1 saturated heterocycles. The molecule has 1 aliphatic rings. The van der Waals surface area contributed by atoms with Crippen molar-refractivity contribution >= 4 is 5.91 Å². The van der Waals surface area contributed by atoms with Crippen molar-refractivity contribution in [3.05, 3.63) is 35.4 Å². The zero-order chi connectivity index (χ0) is 12.4. The van der Waals surface area contributed by atoms with Gasteiger partial charge in [-0.3, -0.25) is 4.79 Å². The molecule has 1 fully saturated rings. The van der Waals surface area contributed by atoms with Gasteiger partial charge < -0.3 is 10.6 Å². The Morgan fingerprint density at radius 3 is 2.65 bits per heavy atom. The molecule has 0 bridgehead atoms. The van der Waals surface area contributed by atoms with Gasteiger partial charge in [0.05, 0.1) is 17.7 Å². The number of nitrogens with zero attached hydrogens (tertiary/aromatic N) is 2. The van der Waals surface area contributed by atoms with E-state index in [1.807, 2.05) is 19.1 Å². The van der Waals surface area contributed by atoms with Crippen molar-refractivity contribution < 1.29 is 4.79 Å². The molecule has 0 aromatic heterocycles. The average molecular weight is 229 g/mol. The Morgan fingerprint density at radius 1 is 1.47 bits per heavy atom. The van der Waals surface area contributed by atoms with Gasteiger partial charge >= 0.3 is 0 Å². The topological polar surface area (TPSA) is 70.1 Å². The summed E-state index contributed by atoms with van der Waals surface area (Å²) in [5, 5.41) is 8.75. The van der Waals surface area contributed by atoms with E-state index in [2.05, 4.69) is 6.07 Å². The molecule has 4 nitrogen and oxygen atoms in total. The fourth-order valence-electron chi connectivity index (χ4n) is 2.37. The number of amides is 1. The molecule has 2 N–H and O–H groups in total. The highest BCUT2D eigenvalue weighted by atomic mass is 16.2. The summed E-state index contributed by atoms with van der Waals surface area (Å²) >= 11 is 0. The minimum absolute atomic E-state index is 0.0553. The van der Waals surface area contributed by atoms with Gasteiger partial charge in [0.25, 0.3) is 0 Å². The van der Waals surface area contributed by atoms with E-state index in [9.17, 15) is 4.79 Å². The Balaban J connectivity index is 2.31. The second kappa shape index (κ2) is 4.56. The fraction of sp³-hybridized carbons (Fsp3) is 0.385. The number of likely N-dealkylation sites (tertiary alicyclic amines) is 1. The molecule has 0 radical (unpaired) electrons. The normalized spacial score (nSPS) is 23.8. The maximum Gasteiger partial charge on any atom is 0.224 e. The van der Waals surface area contributed by atoms with Crippen molar-refractivity contribution in [1.82, 2.24) is 4.90 Å². The van der Waals surface area contributed by atoms with Crippen LogP contribution in [0.3, 0.4) is 0 Å². The Bertz CT molecular complexity index is 461. The van der Waals surface area contributed by atoms with Crippen LogP contribution < -0.4 is 5.73 Å². The van der Waals surface area contributed by atoms with E-state index in [1.54, 1.807) is 17.0 Å². The second-order valence-corrected chi connectivity index (χ2v) is 4.23. The summed E-state index contributed by atoms with van der Waals surface area (Å²) in [7, 11) is 0. The predicted octanol–water partition coefficient (Wildman–Crippen LogP) is 1.18. The maximum absolute atomic E-state index is 11.7. The number of nitriles is 1. The van der Waals surface area contributed by atoms with E-state index in [4.69, 9.17) is 11.0 Å². The van der Waals surface area contributed by atoms with Crippen molar-refractivity contribution in [2.75, 3.05) is 6.54 Å². The lowest BCUT2D eigenvalue weighted by atomic mass is 10.00. The Kier molecular flexibility index (Phi) is 3.12. The van der Waals surface area contributed by atoms with Crippen LogP contribution in [0.1, 0.15) is 30.5 Å². The lowest BCUT2D eigenvalue weighted by molar-refractivity contribution is -0.128. The Hall–Kier alpha value is -1.86. The van der Waals surface area contributed by atoms with Gasteiger partial charge in [-0.25, -0.2) is 0 Å². The van der Waals surface area contributed by atoms with E-state index in [0.717, 1.165) is 5.56 Å². The molecule has 17 heavy (non-hydrogen) atoms. The number of benzene rings is 1. The minimum Gasteiger partial charge on any atom is -0.334 e. The first-order valence-corrected chi connectivity index (χ1v) is 5.72. The largest absolute Gasteiger partial charge is 0.334 e. The second-order valence-electron chi connectivity index (χ2n) is 4.23. The third-order valence-corrected chi connectivity index (χ3v) is 3.19. The Morgan fingerprint density at radius 2 is 2.12 bits per heavy atom. The van der Waals surface area contributed by atoms with Crippen LogP contribution in [0.25, 0.3) is 0 Å². The van der Waals surface area contributed by atoms with Gasteiger partial charge in [0, 0.05) is 19.0 Å². The standard InChI is InChI=1S/C13H15N3O/c1-2-16-12(17)7-11(15)13(16)10-5-3-9(8-14)4-6-10/h3-6,11,13H,2,7,15H2,1H3. The molecule has 0 spiro atoms. The first-order chi connectivity index (χ1) is 8.17. The van der Waals surface area contributed by atoms with Crippen LogP contribution in [0.15, 0.2) is 24.3 Å². The van der Waals surface area contributed by atoms with Crippen LogP contribution in [0.2, 0.25) is 0 Å². The van der Waals surface area contributed by atoms with Gasteiger partial charge in [-0.1, -0.05) is 12.1 Å². The number of rotatable bonds is 2. The highest BCUT2D eigenvalue weighted by Gasteiger charge is 2.37. The summed E-state index contributed by atoms with van der Waals surface area (Å²) in [5.74, 6) is 0.106. The quantitative estimate of drug-likeness (QED) is 0.827. The van der Waals surface area contributed by atoms with E-state index < -0.39 is 0 Å². The van der Waals surface area contributed by atoms with Crippen LogP contribution in [0, 0.1) is 11.3 Å². The number of carbonyl (C=O) groups excluding carboxylic acids is 1. The lowest BCUT2D eigenvalue weighted by Gasteiger charge is -2.26. The highest BCUT2D eigenvalue weighted by Crippen LogP contribution is 2.31. The van der Waals surface area contributed by atoms with Crippen molar-refractivity contribution in [2.45, 2.75) is 25.4 Å². The summed E-state index contributed by atoms with van der Waals surface area (Å²) in [6, 6.07) is 9.15. The third-order valence-electron chi connectivity index (χ3n) is 3.19. The third kappa shape index (κ3) is 2.02. The summed E-state index contributed by atoms with van der Waals surface area (Å²) in [6.45, 7) is 2.61. The minimum atomic E-state index is -0.157. The van der Waals surface area contributed by atoms with Gasteiger partial charge in [0.15, 0.2) is 0 Å². The van der Waals surface area contributed by atoms with E-state index in [0.29, 0.717) is 18.5 Å². The molecule has 4 heteroatoms. The number of nitrogens with two attached hydrogens (primary N) is 1. The monoisotopic (exact) mass is 229 g/mol. The summed E-state index contributed by atoms with van der Waals surface area (Å²) in [5.41, 5.74) is 7.63. The van der Waals surface area contributed by atoms with Gasteiger partial charge in [-0.15, -0.1) is 0 Å². The maximum atomic E-state index is 11.7. The molecule has 0 saturated carbocycles. The van der Waals surface area contributed by atoms with Crippen LogP contribution in [0.5, 0.6) is 0 Å². The summed E-state index contributed by atoms with van der Waals surface area (Å²) in [4.78, 5) is 13.5. The zero-order valence-electron chi connectivity index (χ0n) is 9.76. The molecule has 1 amide bonds. The van der Waals surface area contributed by atoms with Gasteiger partial charge in [-0.2, -0.15) is 5.26 Å². The number of likely N-dealkylation sites (N-methyl/N-ethyl adjacent to an activating group) is 1. The van der Waals surface area contributed by atoms with Crippen molar-refractivity contribution in [3.8, 4) is 6.07 Å². The SMILES string of the molecule is CCN1C(=O)CC(N)C1c1ccc(C#N)cc1. The molecular weight excluding hydrogens is 214 g/mol. The predicted molar refractivity (Wildman–Crippen MR) is 63.9 cm³/mol. The zero-order valence-corrected chi connectivity index (χ0v) is 9.76. The number of hydrogen-bond acceptors (Lipinski definition) is 3. The molecule has 1 aromatic rings.